The topological polar surface area (TPSA) is 84.5 Å². The largest absolute Gasteiger partial charge is 0.454 e. The molecule has 0 bridgehead atoms. The molecule has 2 aromatic rings. The first-order valence-corrected chi connectivity index (χ1v) is 9.00. The van der Waals surface area contributed by atoms with Gasteiger partial charge in [0.1, 0.15) is 11.4 Å². The molecule has 0 spiro atoms. The number of aromatic amines is 1. The Kier molecular flexibility index (Phi) is 4.95. The zero-order valence-electron chi connectivity index (χ0n) is 16.4. The lowest BCUT2D eigenvalue weighted by atomic mass is 9.95. The Morgan fingerprint density at radius 1 is 1.26 bits per heavy atom. The fourth-order valence-electron chi connectivity index (χ4n) is 2.94. The Hall–Kier alpha value is -2.83. The van der Waals surface area contributed by atoms with Gasteiger partial charge >= 0.3 is 0 Å². The van der Waals surface area contributed by atoms with E-state index in [4.69, 9.17) is 9.47 Å². The summed E-state index contributed by atoms with van der Waals surface area (Å²) in [5.74, 6) is 1.60. The number of hydrogen-bond donors (Lipinski definition) is 1. The molecule has 0 aliphatic carbocycles. The van der Waals surface area contributed by atoms with E-state index < -0.39 is 5.56 Å². The van der Waals surface area contributed by atoms with Crippen LogP contribution in [0.2, 0.25) is 0 Å². The highest BCUT2D eigenvalue weighted by Gasteiger charge is 2.25. The Bertz CT molecular complexity index is 928. The number of rotatable bonds is 4. The molecular formula is C20H25N3O4. The standard InChI is InChI=1S/C20H25N3O4/c1-6-23(10-13-7-8-14-15(9-13)27-11-26-14)18(25)16-12(2)21-19(20(3,4)5)22-17(16)24/h7-9H,6,10-11H2,1-5H3,(H,21,22,24). The van der Waals surface area contributed by atoms with Crippen LogP contribution in [0, 0.1) is 6.92 Å². The predicted octanol–water partition coefficient (Wildman–Crippen LogP) is 2.77. The molecule has 1 N–H and O–H groups in total. The maximum absolute atomic E-state index is 13.0. The molecule has 1 aromatic carbocycles. The molecule has 0 saturated heterocycles. The molecule has 0 radical (unpaired) electrons. The van der Waals surface area contributed by atoms with E-state index in [1.165, 1.54) is 0 Å². The normalized spacial score (nSPS) is 12.9. The minimum atomic E-state index is -0.401. The minimum Gasteiger partial charge on any atom is -0.454 e. The molecule has 0 fully saturated rings. The summed E-state index contributed by atoms with van der Waals surface area (Å²) in [6.45, 7) is 10.5. The molecule has 7 nitrogen and oxygen atoms in total. The van der Waals surface area contributed by atoms with E-state index in [0.717, 1.165) is 5.56 Å². The van der Waals surface area contributed by atoms with Crippen LogP contribution in [-0.2, 0) is 12.0 Å². The zero-order valence-corrected chi connectivity index (χ0v) is 16.4. The van der Waals surface area contributed by atoms with Crippen molar-refractivity contribution in [1.82, 2.24) is 14.9 Å². The van der Waals surface area contributed by atoms with E-state index in [0.29, 0.717) is 36.1 Å². The van der Waals surface area contributed by atoms with Gasteiger partial charge in [0.2, 0.25) is 6.79 Å². The third kappa shape index (κ3) is 3.82. The van der Waals surface area contributed by atoms with Crippen LogP contribution in [0.25, 0.3) is 0 Å². The Labute approximate surface area is 158 Å². The molecule has 1 aromatic heterocycles. The van der Waals surface area contributed by atoms with Gasteiger partial charge in [-0.2, -0.15) is 0 Å². The van der Waals surface area contributed by atoms with E-state index in [-0.39, 0.29) is 23.7 Å². The molecule has 0 saturated carbocycles. The SMILES string of the molecule is CCN(Cc1ccc2c(c1)OCO2)C(=O)c1c(C)nc(C(C)(C)C)[nH]c1=O. The van der Waals surface area contributed by atoms with Crippen LogP contribution >= 0.6 is 0 Å². The van der Waals surface area contributed by atoms with Crippen molar-refractivity contribution in [2.24, 2.45) is 0 Å². The van der Waals surface area contributed by atoms with Gasteiger partial charge in [-0.15, -0.1) is 0 Å². The first-order valence-electron chi connectivity index (χ1n) is 9.00. The van der Waals surface area contributed by atoms with Gasteiger partial charge in [-0.3, -0.25) is 9.59 Å². The molecule has 3 rings (SSSR count). The quantitative estimate of drug-likeness (QED) is 0.893. The summed E-state index contributed by atoms with van der Waals surface area (Å²) in [6.07, 6.45) is 0. The van der Waals surface area contributed by atoms with E-state index in [9.17, 15) is 9.59 Å². The van der Waals surface area contributed by atoms with Crippen LogP contribution in [0.5, 0.6) is 11.5 Å². The Balaban J connectivity index is 1.88. The number of nitrogens with zero attached hydrogens (tertiary/aromatic N) is 2. The lowest BCUT2D eigenvalue weighted by molar-refractivity contribution is 0.0749. The number of carbonyl (C=O) groups is 1. The highest BCUT2D eigenvalue weighted by atomic mass is 16.7. The maximum atomic E-state index is 13.0. The van der Waals surface area contributed by atoms with E-state index >= 15 is 0 Å². The number of carbonyl (C=O) groups excluding carboxylic acids is 1. The average Bonchev–Trinajstić information content (AvgIpc) is 3.05. The summed E-state index contributed by atoms with van der Waals surface area (Å²) in [5, 5.41) is 0. The summed E-state index contributed by atoms with van der Waals surface area (Å²) in [5.41, 5.74) is 0.732. The lowest BCUT2D eigenvalue weighted by Crippen LogP contribution is -2.36. The highest BCUT2D eigenvalue weighted by Crippen LogP contribution is 2.32. The second-order valence-electron chi connectivity index (χ2n) is 7.63. The third-order valence-electron chi connectivity index (χ3n) is 4.50. The van der Waals surface area contributed by atoms with Gasteiger partial charge in [0, 0.05) is 18.5 Å². The van der Waals surface area contributed by atoms with Crippen molar-refractivity contribution in [3.8, 4) is 11.5 Å². The van der Waals surface area contributed by atoms with Crippen molar-refractivity contribution in [3.63, 3.8) is 0 Å². The van der Waals surface area contributed by atoms with Crippen molar-refractivity contribution >= 4 is 5.91 Å². The van der Waals surface area contributed by atoms with Gasteiger partial charge in [0.05, 0.1) is 5.69 Å². The Morgan fingerprint density at radius 2 is 1.96 bits per heavy atom. The van der Waals surface area contributed by atoms with Crippen molar-refractivity contribution in [1.29, 1.82) is 0 Å². The van der Waals surface area contributed by atoms with Crippen molar-refractivity contribution in [2.45, 2.75) is 46.6 Å². The number of fused-ring (bicyclic) bond motifs is 1. The molecule has 7 heteroatoms. The summed E-state index contributed by atoms with van der Waals surface area (Å²) in [4.78, 5) is 34.5. The van der Waals surface area contributed by atoms with Crippen LogP contribution in [0.15, 0.2) is 23.0 Å². The lowest BCUT2D eigenvalue weighted by Gasteiger charge is -2.23. The minimum absolute atomic E-state index is 0.0885. The van der Waals surface area contributed by atoms with Crippen LogP contribution in [0.4, 0.5) is 0 Å². The van der Waals surface area contributed by atoms with Gasteiger partial charge in [-0.05, 0) is 31.5 Å². The maximum Gasteiger partial charge on any atom is 0.264 e. The fourth-order valence-corrected chi connectivity index (χ4v) is 2.94. The molecular weight excluding hydrogens is 346 g/mol. The van der Waals surface area contributed by atoms with Crippen LogP contribution in [0.3, 0.4) is 0 Å². The fraction of sp³-hybridized carbons (Fsp3) is 0.450. The summed E-state index contributed by atoms with van der Waals surface area (Å²) in [6, 6.07) is 5.57. The van der Waals surface area contributed by atoms with E-state index in [1.54, 1.807) is 11.8 Å². The summed E-state index contributed by atoms with van der Waals surface area (Å²) >= 11 is 0. The molecule has 0 unspecified atom stereocenters. The monoisotopic (exact) mass is 371 g/mol. The highest BCUT2D eigenvalue weighted by molar-refractivity contribution is 5.94. The van der Waals surface area contributed by atoms with Crippen molar-refractivity contribution in [3.05, 3.63) is 51.2 Å². The molecule has 1 aliphatic rings. The molecule has 1 amide bonds. The molecule has 27 heavy (non-hydrogen) atoms. The number of hydrogen-bond acceptors (Lipinski definition) is 5. The predicted molar refractivity (Wildman–Crippen MR) is 101 cm³/mol. The molecule has 0 atom stereocenters. The summed E-state index contributed by atoms with van der Waals surface area (Å²) < 4.78 is 10.7. The number of benzene rings is 1. The van der Waals surface area contributed by atoms with E-state index in [2.05, 4.69) is 9.97 Å². The van der Waals surface area contributed by atoms with Gasteiger partial charge in [-0.25, -0.2) is 4.98 Å². The molecule has 1 aliphatic heterocycles. The molecule has 2 heterocycles. The van der Waals surface area contributed by atoms with Gasteiger partial charge in [-0.1, -0.05) is 26.8 Å². The van der Waals surface area contributed by atoms with Gasteiger partial charge in [0.25, 0.3) is 11.5 Å². The second-order valence-corrected chi connectivity index (χ2v) is 7.63. The van der Waals surface area contributed by atoms with Crippen molar-refractivity contribution < 1.29 is 14.3 Å². The third-order valence-corrected chi connectivity index (χ3v) is 4.50. The number of aryl methyl sites for hydroxylation is 1. The van der Waals surface area contributed by atoms with Gasteiger partial charge < -0.3 is 19.4 Å². The van der Waals surface area contributed by atoms with Gasteiger partial charge in [0.15, 0.2) is 11.5 Å². The van der Waals surface area contributed by atoms with Crippen molar-refractivity contribution in [2.75, 3.05) is 13.3 Å². The number of amides is 1. The number of ether oxygens (including phenoxy) is 2. The van der Waals surface area contributed by atoms with E-state index in [1.807, 2.05) is 45.9 Å². The number of aromatic nitrogens is 2. The second kappa shape index (κ2) is 7.06. The Morgan fingerprint density at radius 3 is 2.59 bits per heavy atom. The smallest absolute Gasteiger partial charge is 0.264 e. The summed E-state index contributed by atoms with van der Waals surface area (Å²) in [7, 11) is 0. The first kappa shape index (κ1) is 18.9. The van der Waals surface area contributed by atoms with Crippen LogP contribution in [-0.4, -0.2) is 34.1 Å². The molecule has 144 valence electrons. The van der Waals surface area contributed by atoms with Crippen LogP contribution < -0.4 is 15.0 Å². The number of H-pyrrole nitrogens is 1. The van der Waals surface area contributed by atoms with Crippen LogP contribution in [0.1, 0.15) is 55.1 Å². The average molecular weight is 371 g/mol. The zero-order chi connectivity index (χ0) is 19.8. The first-order chi connectivity index (χ1) is 12.7. The number of nitrogens with one attached hydrogen (secondary N) is 1.